The van der Waals surface area contributed by atoms with E-state index in [1.165, 1.54) is 44.9 Å². The number of hydrogen-bond donors (Lipinski definition) is 1. The van der Waals surface area contributed by atoms with Crippen molar-refractivity contribution < 1.29 is 9.47 Å². The lowest BCUT2D eigenvalue weighted by Gasteiger charge is -2.31. The molecule has 0 saturated carbocycles. The molecule has 1 unspecified atom stereocenters. The maximum atomic E-state index is 5.85. The highest BCUT2D eigenvalue weighted by molar-refractivity contribution is 5.68. The molecule has 1 aromatic carbocycles. The molecule has 0 fully saturated rings. The second-order valence-electron chi connectivity index (χ2n) is 11.3. The molecule has 0 spiro atoms. The van der Waals surface area contributed by atoms with Crippen LogP contribution in [0.1, 0.15) is 86.3 Å². The molecular weight excluding hydrogens is 512 g/mol. The van der Waals surface area contributed by atoms with Gasteiger partial charge in [-0.05, 0) is 68.4 Å². The number of ether oxygens (including phenoxy) is 2. The molecule has 0 radical (unpaired) electrons. The van der Waals surface area contributed by atoms with Crippen molar-refractivity contribution in [3.8, 4) is 11.4 Å². The lowest BCUT2D eigenvalue weighted by atomic mass is 9.81. The van der Waals surface area contributed by atoms with Crippen molar-refractivity contribution in [2.75, 3.05) is 18.6 Å². The van der Waals surface area contributed by atoms with E-state index in [4.69, 9.17) is 14.6 Å². The molecule has 1 aliphatic carbocycles. The molecule has 4 heterocycles. The van der Waals surface area contributed by atoms with E-state index >= 15 is 0 Å². The van der Waals surface area contributed by atoms with Crippen LogP contribution < -0.4 is 9.64 Å². The minimum atomic E-state index is 0.0827. The van der Waals surface area contributed by atoms with Crippen LogP contribution in [-0.4, -0.2) is 44.5 Å². The van der Waals surface area contributed by atoms with Gasteiger partial charge in [-0.25, -0.2) is 14.6 Å². The SMILES string of the molecule is CCc1cccc(CC)c1-n1nc2c(c1C1CC(C)=C(OC)c3[nH]ccc31)CN(c1ncc(OC(C)C)cn1)CC2. The first-order chi connectivity index (χ1) is 19.9. The molecule has 1 N–H and O–H groups in total. The summed E-state index contributed by atoms with van der Waals surface area (Å²) in [5.41, 5.74) is 11.1. The lowest BCUT2D eigenvalue weighted by molar-refractivity contribution is 0.240. The molecule has 0 saturated heterocycles. The van der Waals surface area contributed by atoms with Crippen molar-refractivity contribution in [1.82, 2.24) is 24.7 Å². The van der Waals surface area contributed by atoms with Crippen molar-refractivity contribution in [2.24, 2.45) is 0 Å². The molecule has 1 aliphatic heterocycles. The smallest absolute Gasteiger partial charge is 0.225 e. The zero-order valence-corrected chi connectivity index (χ0v) is 25.0. The molecule has 214 valence electrons. The Morgan fingerprint density at radius 1 is 1.07 bits per heavy atom. The van der Waals surface area contributed by atoms with Crippen LogP contribution in [-0.2, 0) is 30.5 Å². The van der Waals surface area contributed by atoms with E-state index < -0.39 is 0 Å². The number of anilines is 1. The van der Waals surface area contributed by atoms with Gasteiger partial charge in [0, 0.05) is 37.2 Å². The topological polar surface area (TPSA) is 81.1 Å². The molecule has 0 bridgehead atoms. The normalized spacial score (nSPS) is 16.7. The van der Waals surface area contributed by atoms with Gasteiger partial charge in [-0.3, -0.25) is 0 Å². The maximum absolute atomic E-state index is 5.85. The summed E-state index contributed by atoms with van der Waals surface area (Å²) in [6, 6.07) is 8.88. The first-order valence-corrected chi connectivity index (χ1v) is 14.8. The molecule has 8 heteroatoms. The second kappa shape index (κ2) is 11.1. The third kappa shape index (κ3) is 4.79. The minimum Gasteiger partial charge on any atom is -0.495 e. The van der Waals surface area contributed by atoms with Gasteiger partial charge in [0.15, 0.2) is 5.75 Å². The van der Waals surface area contributed by atoms with E-state index in [0.717, 1.165) is 49.6 Å². The van der Waals surface area contributed by atoms with Gasteiger partial charge in [-0.15, -0.1) is 0 Å². The van der Waals surface area contributed by atoms with E-state index in [2.05, 4.69) is 69.6 Å². The van der Waals surface area contributed by atoms with Gasteiger partial charge in [0.25, 0.3) is 0 Å². The van der Waals surface area contributed by atoms with Crippen molar-refractivity contribution in [3.63, 3.8) is 0 Å². The third-order valence-corrected chi connectivity index (χ3v) is 8.33. The van der Waals surface area contributed by atoms with Crippen LogP contribution in [0.3, 0.4) is 0 Å². The number of methoxy groups -OCH3 is 1. The summed E-state index contributed by atoms with van der Waals surface area (Å²) in [6.45, 7) is 12.2. The number of H-pyrrole nitrogens is 1. The first kappa shape index (κ1) is 27.1. The van der Waals surface area contributed by atoms with E-state index in [0.29, 0.717) is 12.3 Å². The van der Waals surface area contributed by atoms with E-state index in [-0.39, 0.29) is 12.0 Å². The fraction of sp³-hybridized carbons (Fsp3) is 0.424. The van der Waals surface area contributed by atoms with Gasteiger partial charge in [0.2, 0.25) is 5.95 Å². The zero-order valence-electron chi connectivity index (χ0n) is 25.0. The monoisotopic (exact) mass is 552 g/mol. The quantitative estimate of drug-likeness (QED) is 0.273. The number of nitrogens with zero attached hydrogens (tertiary/aromatic N) is 5. The number of rotatable bonds is 8. The van der Waals surface area contributed by atoms with Crippen LogP contribution in [0, 0.1) is 0 Å². The van der Waals surface area contributed by atoms with Gasteiger partial charge in [-0.2, -0.15) is 5.10 Å². The molecule has 1 atom stereocenters. The molecule has 3 aromatic heterocycles. The van der Waals surface area contributed by atoms with Crippen LogP contribution in [0.15, 0.2) is 48.4 Å². The third-order valence-electron chi connectivity index (χ3n) is 8.33. The summed E-state index contributed by atoms with van der Waals surface area (Å²) in [6.07, 6.45) is 9.28. The van der Waals surface area contributed by atoms with Crippen LogP contribution in [0.25, 0.3) is 11.4 Å². The Labute approximate surface area is 242 Å². The van der Waals surface area contributed by atoms with Gasteiger partial charge in [0.05, 0.1) is 48.4 Å². The Morgan fingerprint density at radius 2 is 1.80 bits per heavy atom. The summed E-state index contributed by atoms with van der Waals surface area (Å²) in [5, 5.41) is 5.38. The largest absolute Gasteiger partial charge is 0.495 e. The van der Waals surface area contributed by atoms with Crippen LogP contribution in [0.2, 0.25) is 0 Å². The average Bonchev–Trinajstić information content (AvgIpc) is 3.61. The Balaban J connectivity index is 1.50. The Kier molecular flexibility index (Phi) is 7.32. The highest BCUT2D eigenvalue weighted by Gasteiger charge is 2.36. The number of aryl methyl sites for hydroxylation is 2. The number of hydrogen-bond acceptors (Lipinski definition) is 6. The van der Waals surface area contributed by atoms with Crippen molar-refractivity contribution in [2.45, 2.75) is 78.9 Å². The summed E-state index contributed by atoms with van der Waals surface area (Å²) in [5.74, 6) is 2.50. The molecule has 41 heavy (non-hydrogen) atoms. The predicted molar refractivity (Wildman–Crippen MR) is 162 cm³/mol. The maximum Gasteiger partial charge on any atom is 0.225 e. The molecule has 2 aliphatic rings. The number of benzene rings is 1. The molecule has 6 rings (SSSR count). The minimum absolute atomic E-state index is 0.0827. The van der Waals surface area contributed by atoms with Gasteiger partial charge in [0.1, 0.15) is 5.76 Å². The van der Waals surface area contributed by atoms with Gasteiger partial charge < -0.3 is 19.4 Å². The number of aromatic amines is 1. The summed E-state index contributed by atoms with van der Waals surface area (Å²) in [4.78, 5) is 15.1. The number of fused-ring (bicyclic) bond motifs is 2. The molecule has 8 nitrogen and oxygen atoms in total. The number of para-hydroxylation sites is 1. The van der Waals surface area contributed by atoms with Crippen molar-refractivity contribution in [1.29, 1.82) is 0 Å². The number of aromatic nitrogens is 5. The number of nitrogens with one attached hydrogen (secondary N) is 1. The lowest BCUT2D eigenvalue weighted by Crippen LogP contribution is -2.32. The predicted octanol–water partition coefficient (Wildman–Crippen LogP) is 6.38. The van der Waals surface area contributed by atoms with Gasteiger partial charge >= 0.3 is 0 Å². The second-order valence-corrected chi connectivity index (χ2v) is 11.3. The fourth-order valence-corrected chi connectivity index (χ4v) is 6.50. The molecule has 0 amide bonds. The van der Waals surface area contributed by atoms with Crippen molar-refractivity contribution >= 4 is 11.7 Å². The van der Waals surface area contributed by atoms with Crippen molar-refractivity contribution in [3.05, 3.63) is 87.8 Å². The summed E-state index contributed by atoms with van der Waals surface area (Å²) < 4.78 is 13.9. The standard InChI is InChI=1S/C33H40N6O2/c1-7-22-10-9-11-23(8-2)30(22)39-31(26-16-21(5)32(40-6)29-25(26)12-14-34-29)27-19-38(15-13-28(27)37-39)33-35-17-24(18-36-33)41-20(3)4/h9-12,14,17-18,20,26,34H,7-8,13,15-16,19H2,1-6H3. The average molecular weight is 553 g/mol. The van der Waals surface area contributed by atoms with E-state index in [1.807, 2.05) is 20.0 Å². The molecular formula is C33H40N6O2. The Bertz CT molecular complexity index is 1560. The fourth-order valence-electron chi connectivity index (χ4n) is 6.50. The highest BCUT2D eigenvalue weighted by Crippen LogP contribution is 2.45. The summed E-state index contributed by atoms with van der Waals surface area (Å²) in [7, 11) is 1.76. The Morgan fingerprint density at radius 3 is 2.46 bits per heavy atom. The van der Waals surface area contributed by atoms with Crippen LogP contribution >= 0.6 is 0 Å². The van der Waals surface area contributed by atoms with E-state index in [9.17, 15) is 0 Å². The van der Waals surface area contributed by atoms with Crippen LogP contribution in [0.5, 0.6) is 5.75 Å². The van der Waals surface area contributed by atoms with E-state index in [1.54, 1.807) is 19.5 Å². The highest BCUT2D eigenvalue weighted by atomic mass is 16.5. The zero-order chi connectivity index (χ0) is 28.7. The van der Waals surface area contributed by atoms with Crippen LogP contribution in [0.4, 0.5) is 5.95 Å². The summed E-state index contributed by atoms with van der Waals surface area (Å²) >= 11 is 0. The Hall–Kier alpha value is -4.07. The first-order valence-electron chi connectivity index (χ1n) is 14.8. The van der Waals surface area contributed by atoms with Gasteiger partial charge in [-0.1, -0.05) is 32.0 Å². The molecule has 4 aromatic rings. The number of allylic oxidation sites excluding steroid dienone is 1.